The van der Waals surface area contributed by atoms with Gasteiger partial charge in [0.1, 0.15) is 0 Å². The fourth-order valence-corrected chi connectivity index (χ4v) is 3.65. The van der Waals surface area contributed by atoms with E-state index in [1.807, 2.05) is 7.05 Å². The third-order valence-electron chi connectivity index (χ3n) is 5.37. The molecule has 0 aliphatic heterocycles. The highest BCUT2D eigenvalue weighted by Crippen LogP contribution is 2.36. The Bertz CT molecular complexity index is 866. The van der Waals surface area contributed by atoms with E-state index in [2.05, 4.69) is 116 Å². The first kappa shape index (κ1) is 24.2. The molecule has 3 rings (SSSR count). The molecule has 5 nitrogen and oxygen atoms in total. The summed E-state index contributed by atoms with van der Waals surface area (Å²) in [5, 5.41) is 10.6. The normalized spacial score (nSPS) is 18.2. The largest absolute Gasteiger partial charge is 0.481 e. The van der Waals surface area contributed by atoms with E-state index in [0.717, 1.165) is 12.6 Å². The molecule has 2 aromatic rings. The second kappa shape index (κ2) is 11.4. The van der Waals surface area contributed by atoms with Gasteiger partial charge in [-0.3, -0.25) is 9.69 Å². The van der Waals surface area contributed by atoms with Gasteiger partial charge < -0.3 is 15.3 Å². The molecular formula is C26H35N3O2. The molecule has 31 heavy (non-hydrogen) atoms. The van der Waals surface area contributed by atoms with E-state index in [0.29, 0.717) is 17.9 Å². The molecule has 0 bridgehead atoms. The number of likely N-dealkylation sites (N-methyl/N-ethyl adjacent to an activating group) is 1. The van der Waals surface area contributed by atoms with Gasteiger partial charge in [0.25, 0.3) is 5.97 Å². The highest BCUT2D eigenvalue weighted by Gasteiger charge is 2.24. The van der Waals surface area contributed by atoms with Crippen LogP contribution in [0.25, 0.3) is 0 Å². The van der Waals surface area contributed by atoms with Gasteiger partial charge in [0, 0.05) is 57.3 Å². The molecule has 0 fully saturated rings. The molecule has 0 aromatic heterocycles. The SMILES string of the molecule is CC(=O)O.CNc1ccc(C(c2ccc(N(C)C)cc2)C2C=CC(N(C)C)C=C2)cc1. The van der Waals surface area contributed by atoms with E-state index < -0.39 is 5.97 Å². The number of carboxylic acids is 1. The molecule has 0 saturated heterocycles. The van der Waals surface area contributed by atoms with Gasteiger partial charge in [0.2, 0.25) is 0 Å². The molecule has 0 saturated carbocycles. The fourth-order valence-electron chi connectivity index (χ4n) is 3.65. The van der Waals surface area contributed by atoms with Gasteiger partial charge in [0.05, 0.1) is 0 Å². The minimum absolute atomic E-state index is 0.308. The number of hydrogen-bond donors (Lipinski definition) is 2. The van der Waals surface area contributed by atoms with Crippen LogP contribution in [0.3, 0.4) is 0 Å². The number of carbonyl (C=O) groups is 1. The Morgan fingerprint density at radius 3 is 1.71 bits per heavy atom. The summed E-state index contributed by atoms with van der Waals surface area (Å²) < 4.78 is 0. The maximum Gasteiger partial charge on any atom is 0.300 e. The first-order valence-electron chi connectivity index (χ1n) is 10.5. The number of allylic oxidation sites excluding steroid dienone is 2. The lowest BCUT2D eigenvalue weighted by Crippen LogP contribution is -2.26. The molecule has 5 heteroatoms. The predicted octanol–water partition coefficient (Wildman–Crippen LogP) is 4.69. The van der Waals surface area contributed by atoms with E-state index in [-0.39, 0.29) is 0 Å². The molecule has 1 aliphatic carbocycles. The van der Waals surface area contributed by atoms with Crippen molar-refractivity contribution in [2.45, 2.75) is 18.9 Å². The van der Waals surface area contributed by atoms with Crippen LogP contribution < -0.4 is 10.2 Å². The van der Waals surface area contributed by atoms with Crippen molar-refractivity contribution in [1.29, 1.82) is 0 Å². The molecule has 1 atom stereocenters. The van der Waals surface area contributed by atoms with E-state index in [1.165, 1.54) is 16.8 Å². The van der Waals surface area contributed by atoms with E-state index in [4.69, 9.17) is 9.90 Å². The lowest BCUT2D eigenvalue weighted by atomic mass is 9.78. The molecule has 2 N–H and O–H groups in total. The van der Waals surface area contributed by atoms with Gasteiger partial charge in [0.15, 0.2) is 0 Å². The summed E-state index contributed by atoms with van der Waals surface area (Å²) in [6.07, 6.45) is 9.35. The predicted molar refractivity (Wildman–Crippen MR) is 131 cm³/mol. The molecule has 166 valence electrons. The van der Waals surface area contributed by atoms with Crippen molar-refractivity contribution in [2.75, 3.05) is 45.5 Å². The Balaban J connectivity index is 0.000000785. The van der Waals surface area contributed by atoms with Crippen LogP contribution >= 0.6 is 0 Å². The molecule has 0 radical (unpaired) electrons. The molecule has 2 aromatic carbocycles. The van der Waals surface area contributed by atoms with Crippen LogP contribution in [0.2, 0.25) is 0 Å². The third-order valence-corrected chi connectivity index (χ3v) is 5.37. The number of anilines is 2. The first-order valence-corrected chi connectivity index (χ1v) is 10.5. The monoisotopic (exact) mass is 421 g/mol. The van der Waals surface area contributed by atoms with Gasteiger partial charge in [-0.05, 0) is 49.5 Å². The van der Waals surface area contributed by atoms with Gasteiger partial charge in [-0.2, -0.15) is 0 Å². The van der Waals surface area contributed by atoms with Crippen LogP contribution in [-0.4, -0.2) is 57.3 Å². The van der Waals surface area contributed by atoms with E-state index in [9.17, 15) is 0 Å². The van der Waals surface area contributed by atoms with Gasteiger partial charge in [-0.25, -0.2) is 0 Å². The lowest BCUT2D eigenvalue weighted by Gasteiger charge is -2.29. The number of carboxylic acid groups (broad SMARTS) is 1. The molecular weight excluding hydrogens is 386 g/mol. The maximum absolute atomic E-state index is 9.00. The average Bonchev–Trinajstić information content (AvgIpc) is 2.75. The first-order chi connectivity index (χ1) is 14.7. The summed E-state index contributed by atoms with van der Waals surface area (Å²) in [6, 6.07) is 18.2. The Morgan fingerprint density at radius 1 is 0.871 bits per heavy atom. The molecule has 0 heterocycles. The second-order valence-corrected chi connectivity index (χ2v) is 8.16. The number of rotatable bonds is 6. The second-order valence-electron chi connectivity index (χ2n) is 8.16. The summed E-state index contributed by atoms with van der Waals surface area (Å²) in [7, 11) is 10.4. The highest BCUT2D eigenvalue weighted by molar-refractivity contribution is 5.63. The standard InChI is InChI=1S/C24H31N3.C2H4O2/c1-25-21-12-6-18(7-13-21)24(19-8-14-22(15-9-19)26(2)3)20-10-16-23(17-11-20)27(4)5;1-2(3)4/h6-17,19,22,24-25H,1-5H3;1H3,(H,3,4). The molecule has 1 unspecified atom stereocenters. The Kier molecular flexibility index (Phi) is 8.88. The average molecular weight is 422 g/mol. The summed E-state index contributed by atoms with van der Waals surface area (Å²) in [6.45, 7) is 1.08. The Hall–Kier alpha value is -3.05. The Labute approximate surface area is 186 Å². The zero-order valence-corrected chi connectivity index (χ0v) is 19.4. The summed E-state index contributed by atoms with van der Waals surface area (Å²) in [5.74, 6) is -0.172. The van der Waals surface area contributed by atoms with Crippen molar-refractivity contribution < 1.29 is 9.90 Å². The van der Waals surface area contributed by atoms with Crippen LogP contribution in [0.15, 0.2) is 72.8 Å². The van der Waals surface area contributed by atoms with Gasteiger partial charge >= 0.3 is 0 Å². The molecule has 0 amide bonds. The van der Waals surface area contributed by atoms with Crippen molar-refractivity contribution in [1.82, 2.24) is 4.90 Å². The van der Waals surface area contributed by atoms with Crippen molar-refractivity contribution in [3.05, 3.63) is 84.0 Å². The summed E-state index contributed by atoms with van der Waals surface area (Å²) in [5.41, 5.74) is 5.06. The topological polar surface area (TPSA) is 55.8 Å². The van der Waals surface area contributed by atoms with Crippen molar-refractivity contribution in [3.8, 4) is 0 Å². The van der Waals surface area contributed by atoms with Gasteiger partial charge in [-0.15, -0.1) is 0 Å². The summed E-state index contributed by atoms with van der Waals surface area (Å²) >= 11 is 0. The van der Waals surface area contributed by atoms with Crippen LogP contribution in [0.4, 0.5) is 11.4 Å². The van der Waals surface area contributed by atoms with E-state index >= 15 is 0 Å². The Morgan fingerprint density at radius 2 is 1.32 bits per heavy atom. The minimum Gasteiger partial charge on any atom is -0.481 e. The lowest BCUT2D eigenvalue weighted by molar-refractivity contribution is -0.134. The third kappa shape index (κ3) is 7.00. The number of benzene rings is 2. The van der Waals surface area contributed by atoms with Crippen molar-refractivity contribution in [2.24, 2.45) is 5.92 Å². The van der Waals surface area contributed by atoms with Crippen LogP contribution in [0.5, 0.6) is 0 Å². The number of nitrogens with zero attached hydrogens (tertiary/aromatic N) is 2. The fraction of sp³-hybridized carbons (Fsp3) is 0.346. The smallest absolute Gasteiger partial charge is 0.300 e. The number of nitrogens with one attached hydrogen (secondary N) is 1. The van der Waals surface area contributed by atoms with Gasteiger partial charge in [-0.1, -0.05) is 48.6 Å². The van der Waals surface area contributed by atoms with Crippen LogP contribution in [-0.2, 0) is 4.79 Å². The number of hydrogen-bond acceptors (Lipinski definition) is 4. The molecule has 1 aliphatic rings. The quantitative estimate of drug-likeness (QED) is 0.663. The van der Waals surface area contributed by atoms with Crippen molar-refractivity contribution in [3.63, 3.8) is 0 Å². The zero-order valence-electron chi connectivity index (χ0n) is 19.4. The minimum atomic E-state index is -0.833. The maximum atomic E-state index is 9.00. The molecule has 0 spiro atoms. The van der Waals surface area contributed by atoms with Crippen LogP contribution in [0, 0.1) is 5.92 Å². The zero-order chi connectivity index (χ0) is 23.0. The summed E-state index contributed by atoms with van der Waals surface area (Å²) in [4.78, 5) is 13.4. The number of aliphatic carboxylic acids is 1. The highest BCUT2D eigenvalue weighted by atomic mass is 16.4. The van der Waals surface area contributed by atoms with Crippen molar-refractivity contribution >= 4 is 17.3 Å². The van der Waals surface area contributed by atoms with Crippen LogP contribution in [0.1, 0.15) is 24.0 Å². The van der Waals surface area contributed by atoms with E-state index in [1.54, 1.807) is 0 Å².